The maximum Gasteiger partial charge on any atom is 0.339 e. The summed E-state index contributed by atoms with van der Waals surface area (Å²) < 4.78 is 8.34. The molecule has 0 saturated heterocycles. The smallest absolute Gasteiger partial charge is 0.339 e. The fourth-order valence-corrected chi connectivity index (χ4v) is 2.36. The van der Waals surface area contributed by atoms with Crippen LogP contribution in [0.4, 0.5) is 0 Å². The number of ether oxygens (including phenoxy) is 1. The van der Waals surface area contributed by atoms with Gasteiger partial charge in [0.25, 0.3) is 0 Å². The first-order valence-corrected chi connectivity index (χ1v) is 7.55. The van der Waals surface area contributed by atoms with Crippen LogP contribution in [0, 0.1) is 0 Å². The van der Waals surface area contributed by atoms with Gasteiger partial charge in [-0.1, -0.05) is 22.9 Å². The third kappa shape index (κ3) is 3.64. The maximum absolute atomic E-state index is 11.2. The number of nitrogens with zero attached hydrogens (tertiary/aromatic N) is 2. The molecule has 1 aromatic carbocycles. The summed E-state index contributed by atoms with van der Waals surface area (Å²) in [6, 6.07) is 6.86. The predicted molar refractivity (Wildman–Crippen MR) is 82.7 cm³/mol. The lowest BCUT2D eigenvalue weighted by atomic mass is 10.2. The van der Waals surface area contributed by atoms with Gasteiger partial charge in [0.05, 0.1) is 11.4 Å². The van der Waals surface area contributed by atoms with Gasteiger partial charge in [0.15, 0.2) is 0 Å². The van der Waals surface area contributed by atoms with Crippen LogP contribution in [0.15, 0.2) is 28.7 Å². The molecule has 1 aromatic heterocycles. The zero-order chi connectivity index (χ0) is 15.4. The zero-order valence-electron chi connectivity index (χ0n) is 12.0. The molecule has 1 heterocycles. The second-order valence-electron chi connectivity index (χ2n) is 4.53. The molecule has 0 aliphatic rings. The van der Waals surface area contributed by atoms with E-state index in [-0.39, 0.29) is 12.2 Å². The summed E-state index contributed by atoms with van der Waals surface area (Å²) in [6.07, 6.45) is 0.858. The number of aryl methyl sites for hydroxylation is 2. The summed E-state index contributed by atoms with van der Waals surface area (Å²) in [5.41, 5.74) is 2.09. The van der Waals surface area contributed by atoms with Crippen LogP contribution in [0.25, 0.3) is 0 Å². The SMILES string of the molecule is CCc1cc(COc2cc(Br)ccc2C(=O)O)n(CC)n1. The molecule has 5 nitrogen and oxygen atoms in total. The molecular formula is C15H17BrN2O3. The molecule has 0 aliphatic heterocycles. The Hall–Kier alpha value is -1.82. The number of rotatable bonds is 6. The van der Waals surface area contributed by atoms with Crippen molar-refractivity contribution in [3.8, 4) is 5.75 Å². The number of aromatic nitrogens is 2. The van der Waals surface area contributed by atoms with E-state index in [2.05, 4.69) is 21.0 Å². The highest BCUT2D eigenvalue weighted by Gasteiger charge is 2.13. The monoisotopic (exact) mass is 352 g/mol. The van der Waals surface area contributed by atoms with Crippen LogP contribution in [0.1, 0.15) is 35.6 Å². The normalized spacial score (nSPS) is 10.6. The molecule has 21 heavy (non-hydrogen) atoms. The fourth-order valence-electron chi connectivity index (χ4n) is 2.02. The van der Waals surface area contributed by atoms with Crippen molar-refractivity contribution in [2.24, 2.45) is 0 Å². The summed E-state index contributed by atoms with van der Waals surface area (Å²) in [5.74, 6) is -0.658. The minimum Gasteiger partial charge on any atom is -0.486 e. The van der Waals surface area contributed by atoms with Crippen molar-refractivity contribution in [1.82, 2.24) is 9.78 Å². The molecule has 0 unspecified atom stereocenters. The number of hydrogen-bond donors (Lipinski definition) is 1. The predicted octanol–water partition coefficient (Wildman–Crippen LogP) is 3.51. The summed E-state index contributed by atoms with van der Waals surface area (Å²) in [7, 11) is 0. The van der Waals surface area contributed by atoms with E-state index < -0.39 is 5.97 Å². The van der Waals surface area contributed by atoms with Crippen molar-refractivity contribution >= 4 is 21.9 Å². The third-order valence-corrected chi connectivity index (χ3v) is 3.62. The second-order valence-corrected chi connectivity index (χ2v) is 5.45. The average Bonchev–Trinajstić information content (AvgIpc) is 2.87. The minimum atomic E-state index is -1.00. The van der Waals surface area contributed by atoms with E-state index in [4.69, 9.17) is 4.74 Å². The lowest BCUT2D eigenvalue weighted by molar-refractivity contribution is 0.0691. The van der Waals surface area contributed by atoms with Crippen molar-refractivity contribution in [2.45, 2.75) is 33.4 Å². The van der Waals surface area contributed by atoms with Gasteiger partial charge in [0.1, 0.15) is 17.9 Å². The number of carboxylic acid groups (broad SMARTS) is 1. The van der Waals surface area contributed by atoms with Gasteiger partial charge >= 0.3 is 5.97 Å². The Kier molecular flexibility index (Phi) is 5.01. The van der Waals surface area contributed by atoms with Crippen molar-refractivity contribution < 1.29 is 14.6 Å². The third-order valence-electron chi connectivity index (χ3n) is 3.13. The van der Waals surface area contributed by atoms with E-state index in [1.54, 1.807) is 12.1 Å². The van der Waals surface area contributed by atoms with Crippen LogP contribution in [0.3, 0.4) is 0 Å². The zero-order valence-corrected chi connectivity index (χ0v) is 13.6. The Labute approximate surface area is 131 Å². The Morgan fingerprint density at radius 1 is 1.38 bits per heavy atom. The summed E-state index contributed by atoms with van der Waals surface area (Å²) in [4.78, 5) is 11.2. The molecule has 6 heteroatoms. The van der Waals surface area contributed by atoms with E-state index in [0.717, 1.165) is 28.8 Å². The Morgan fingerprint density at radius 2 is 2.14 bits per heavy atom. The van der Waals surface area contributed by atoms with E-state index >= 15 is 0 Å². The van der Waals surface area contributed by atoms with Gasteiger partial charge in [-0.25, -0.2) is 4.79 Å². The lowest BCUT2D eigenvalue weighted by Crippen LogP contribution is -2.08. The second kappa shape index (κ2) is 6.76. The number of hydrogen-bond acceptors (Lipinski definition) is 3. The van der Waals surface area contributed by atoms with E-state index in [9.17, 15) is 9.90 Å². The number of carbonyl (C=O) groups is 1. The molecule has 2 aromatic rings. The summed E-state index contributed by atoms with van der Waals surface area (Å²) in [5, 5.41) is 13.6. The van der Waals surface area contributed by atoms with Crippen LogP contribution >= 0.6 is 15.9 Å². The molecular weight excluding hydrogens is 336 g/mol. The number of carboxylic acids is 1. The van der Waals surface area contributed by atoms with Gasteiger partial charge in [0.2, 0.25) is 0 Å². The molecule has 2 rings (SSSR count). The summed E-state index contributed by atoms with van der Waals surface area (Å²) >= 11 is 3.32. The molecule has 0 saturated carbocycles. The van der Waals surface area contributed by atoms with Gasteiger partial charge in [-0.05, 0) is 37.6 Å². The first kappa shape index (κ1) is 15.6. The molecule has 1 N–H and O–H groups in total. The number of benzene rings is 1. The largest absolute Gasteiger partial charge is 0.486 e. The van der Waals surface area contributed by atoms with Crippen LogP contribution in [-0.4, -0.2) is 20.9 Å². The van der Waals surface area contributed by atoms with Gasteiger partial charge in [0, 0.05) is 11.0 Å². The topological polar surface area (TPSA) is 64.3 Å². The molecule has 0 amide bonds. The molecule has 0 spiro atoms. The standard InChI is InChI=1S/C15H17BrN2O3/c1-3-11-8-12(18(4-2)17-11)9-21-14-7-10(16)5-6-13(14)15(19)20/h5-8H,3-4,9H2,1-2H3,(H,19,20). The van der Waals surface area contributed by atoms with Crippen molar-refractivity contribution in [3.05, 3.63) is 45.7 Å². The molecule has 112 valence electrons. The molecule has 0 fully saturated rings. The minimum absolute atomic E-state index is 0.150. The lowest BCUT2D eigenvalue weighted by Gasteiger charge is -2.10. The highest BCUT2D eigenvalue weighted by atomic mass is 79.9. The van der Waals surface area contributed by atoms with E-state index in [0.29, 0.717) is 5.75 Å². The van der Waals surface area contributed by atoms with E-state index in [1.165, 1.54) is 6.07 Å². The molecule has 0 radical (unpaired) electrons. The highest BCUT2D eigenvalue weighted by Crippen LogP contribution is 2.25. The number of halogens is 1. The maximum atomic E-state index is 11.2. The molecule has 0 bridgehead atoms. The van der Waals surface area contributed by atoms with Crippen LogP contribution in [-0.2, 0) is 19.6 Å². The average molecular weight is 353 g/mol. The first-order chi connectivity index (χ1) is 10.0. The van der Waals surface area contributed by atoms with Gasteiger partial charge in [-0.15, -0.1) is 0 Å². The number of aromatic carboxylic acids is 1. The van der Waals surface area contributed by atoms with Crippen LogP contribution < -0.4 is 4.74 Å². The van der Waals surface area contributed by atoms with Gasteiger partial charge < -0.3 is 9.84 Å². The van der Waals surface area contributed by atoms with Gasteiger partial charge in [-0.3, -0.25) is 4.68 Å². The van der Waals surface area contributed by atoms with Crippen molar-refractivity contribution in [1.29, 1.82) is 0 Å². The Morgan fingerprint density at radius 3 is 2.76 bits per heavy atom. The van der Waals surface area contributed by atoms with Gasteiger partial charge in [-0.2, -0.15) is 5.10 Å². The summed E-state index contributed by atoms with van der Waals surface area (Å²) in [6.45, 7) is 5.10. The van der Waals surface area contributed by atoms with Crippen LogP contribution in [0.2, 0.25) is 0 Å². The Bertz CT molecular complexity index is 652. The van der Waals surface area contributed by atoms with Crippen molar-refractivity contribution in [2.75, 3.05) is 0 Å². The molecule has 0 aliphatic carbocycles. The Balaban J connectivity index is 2.21. The van der Waals surface area contributed by atoms with Crippen LogP contribution in [0.5, 0.6) is 5.75 Å². The quantitative estimate of drug-likeness (QED) is 0.863. The highest BCUT2D eigenvalue weighted by molar-refractivity contribution is 9.10. The van der Waals surface area contributed by atoms with E-state index in [1.807, 2.05) is 24.6 Å². The first-order valence-electron chi connectivity index (χ1n) is 6.76. The fraction of sp³-hybridized carbons (Fsp3) is 0.333. The van der Waals surface area contributed by atoms with Crippen molar-refractivity contribution in [3.63, 3.8) is 0 Å². The molecule has 0 atom stereocenters.